The fourth-order valence-electron chi connectivity index (χ4n) is 4.82. The number of amides is 1. The Morgan fingerprint density at radius 3 is 2.91 bits per heavy atom. The zero-order valence-electron chi connectivity index (χ0n) is 18.9. The first-order valence-electron chi connectivity index (χ1n) is 11.2. The van der Waals surface area contributed by atoms with Crippen LogP contribution in [0.5, 0.6) is 5.75 Å². The summed E-state index contributed by atoms with van der Waals surface area (Å²) in [6.07, 6.45) is 6.65. The van der Waals surface area contributed by atoms with Crippen LogP contribution in [0.4, 0.5) is 0 Å². The highest BCUT2D eigenvalue weighted by Gasteiger charge is 2.27. The van der Waals surface area contributed by atoms with Crippen LogP contribution in [0.3, 0.4) is 0 Å². The molecule has 0 saturated carbocycles. The number of hydrogen-bond acceptors (Lipinski definition) is 4. The molecule has 1 unspecified atom stereocenters. The van der Waals surface area contributed by atoms with E-state index in [4.69, 9.17) is 9.94 Å². The van der Waals surface area contributed by atoms with Gasteiger partial charge in [0.1, 0.15) is 5.75 Å². The average molecular weight is 434 g/mol. The van der Waals surface area contributed by atoms with Gasteiger partial charge in [-0.1, -0.05) is 25.1 Å². The molecule has 6 heteroatoms. The lowest BCUT2D eigenvalue weighted by molar-refractivity contribution is -0.124. The molecule has 0 fully saturated rings. The molecule has 1 heterocycles. The maximum absolute atomic E-state index is 11.4. The summed E-state index contributed by atoms with van der Waals surface area (Å²) in [5.41, 5.74) is 8.70. The molecule has 1 aromatic heterocycles. The van der Waals surface area contributed by atoms with Crippen molar-refractivity contribution in [3.8, 4) is 5.75 Å². The van der Waals surface area contributed by atoms with Gasteiger partial charge in [0, 0.05) is 35.8 Å². The second-order valence-corrected chi connectivity index (χ2v) is 8.38. The molecule has 1 amide bonds. The quantitative estimate of drug-likeness (QED) is 0.275. The topological polar surface area (TPSA) is 77.6 Å². The summed E-state index contributed by atoms with van der Waals surface area (Å²) >= 11 is 0. The van der Waals surface area contributed by atoms with Gasteiger partial charge in [-0.3, -0.25) is 14.9 Å². The molecule has 168 valence electrons. The van der Waals surface area contributed by atoms with Crippen molar-refractivity contribution in [2.24, 2.45) is 0 Å². The van der Waals surface area contributed by atoms with Crippen LogP contribution in [-0.2, 0) is 17.6 Å². The van der Waals surface area contributed by atoms with Gasteiger partial charge in [-0.2, -0.15) is 0 Å². The lowest BCUT2D eigenvalue weighted by Gasteiger charge is -2.28. The van der Waals surface area contributed by atoms with Crippen LogP contribution in [0, 0.1) is 0 Å². The number of H-pyrrole nitrogens is 1. The van der Waals surface area contributed by atoms with Gasteiger partial charge in [0.2, 0.25) is 0 Å². The lowest BCUT2D eigenvalue weighted by Crippen LogP contribution is -2.29. The summed E-state index contributed by atoms with van der Waals surface area (Å²) in [5, 5.41) is 9.98. The molecule has 0 bridgehead atoms. The summed E-state index contributed by atoms with van der Waals surface area (Å²) in [6, 6.07) is 13.0. The van der Waals surface area contributed by atoms with Crippen LogP contribution in [0.25, 0.3) is 16.5 Å². The van der Waals surface area contributed by atoms with Gasteiger partial charge in [-0.05, 0) is 78.8 Å². The number of rotatable bonds is 8. The number of likely N-dealkylation sites (N-methyl/N-ethyl adjacent to an activating group) is 1. The summed E-state index contributed by atoms with van der Waals surface area (Å²) in [4.78, 5) is 17.4. The monoisotopic (exact) mass is 433 g/mol. The molecular formula is C26H31N3O3. The third kappa shape index (κ3) is 4.42. The smallest absolute Gasteiger partial charge is 0.267 e. The van der Waals surface area contributed by atoms with E-state index in [0.29, 0.717) is 6.04 Å². The van der Waals surface area contributed by atoms with E-state index in [1.165, 1.54) is 28.2 Å². The fraction of sp³-hybridized carbons (Fsp3) is 0.346. The van der Waals surface area contributed by atoms with E-state index in [1.54, 1.807) is 12.6 Å². The summed E-state index contributed by atoms with van der Waals surface area (Å²) in [6.45, 7) is 6.10. The molecule has 2 aromatic carbocycles. The second-order valence-electron chi connectivity index (χ2n) is 8.38. The van der Waals surface area contributed by atoms with Crippen LogP contribution < -0.4 is 10.2 Å². The molecule has 0 radical (unpaired) electrons. The normalized spacial score (nSPS) is 15.9. The number of aromatic amines is 1. The summed E-state index contributed by atoms with van der Waals surface area (Å²) in [5.74, 6) is 0.375. The van der Waals surface area contributed by atoms with Crippen molar-refractivity contribution in [2.45, 2.75) is 39.2 Å². The molecule has 6 nitrogen and oxygen atoms in total. The average Bonchev–Trinajstić information content (AvgIpc) is 3.42. The Labute approximate surface area is 188 Å². The minimum atomic E-state index is -0.507. The number of carbonyl (C=O) groups excluding carboxylic acids is 1. The lowest BCUT2D eigenvalue weighted by atomic mass is 9.99. The van der Waals surface area contributed by atoms with E-state index < -0.39 is 5.91 Å². The van der Waals surface area contributed by atoms with Crippen LogP contribution >= 0.6 is 0 Å². The number of ether oxygens (including phenoxy) is 1. The van der Waals surface area contributed by atoms with Crippen LogP contribution in [0.2, 0.25) is 0 Å². The first-order valence-corrected chi connectivity index (χ1v) is 11.2. The Morgan fingerprint density at radius 2 is 2.16 bits per heavy atom. The van der Waals surface area contributed by atoms with Crippen molar-refractivity contribution in [1.29, 1.82) is 0 Å². The highest BCUT2D eigenvalue weighted by molar-refractivity contribution is 5.94. The number of fused-ring (bicyclic) bond motifs is 2. The molecule has 0 saturated heterocycles. The summed E-state index contributed by atoms with van der Waals surface area (Å²) in [7, 11) is 1.70. The predicted octanol–water partition coefficient (Wildman–Crippen LogP) is 4.64. The molecule has 1 aliphatic carbocycles. The van der Waals surface area contributed by atoms with Gasteiger partial charge < -0.3 is 9.72 Å². The zero-order valence-corrected chi connectivity index (χ0v) is 18.9. The van der Waals surface area contributed by atoms with E-state index in [0.717, 1.165) is 54.8 Å². The molecule has 0 aliphatic heterocycles. The van der Waals surface area contributed by atoms with Gasteiger partial charge in [0.15, 0.2) is 0 Å². The van der Waals surface area contributed by atoms with Gasteiger partial charge in [0.05, 0.1) is 7.11 Å². The van der Waals surface area contributed by atoms with E-state index >= 15 is 0 Å². The number of benzene rings is 2. The number of nitrogens with one attached hydrogen (secondary N) is 2. The van der Waals surface area contributed by atoms with E-state index in [2.05, 4.69) is 53.3 Å². The van der Waals surface area contributed by atoms with E-state index in [-0.39, 0.29) is 0 Å². The Bertz CT molecular complexity index is 1150. The second kappa shape index (κ2) is 9.59. The van der Waals surface area contributed by atoms with Gasteiger partial charge >= 0.3 is 0 Å². The van der Waals surface area contributed by atoms with Crippen LogP contribution in [0.1, 0.15) is 48.6 Å². The van der Waals surface area contributed by atoms with Crippen molar-refractivity contribution in [3.63, 3.8) is 0 Å². The number of carbonyl (C=O) groups is 1. The molecule has 0 spiro atoms. The number of methoxy groups -OCH3 is 1. The Hall–Kier alpha value is -3.09. The fourth-order valence-corrected chi connectivity index (χ4v) is 4.82. The molecular weight excluding hydrogens is 402 g/mol. The maximum atomic E-state index is 11.4. The molecule has 32 heavy (non-hydrogen) atoms. The van der Waals surface area contributed by atoms with E-state index in [1.807, 2.05) is 13.0 Å². The van der Waals surface area contributed by atoms with Crippen molar-refractivity contribution < 1.29 is 14.7 Å². The van der Waals surface area contributed by atoms with Crippen molar-refractivity contribution in [2.75, 3.05) is 20.2 Å². The van der Waals surface area contributed by atoms with Crippen LogP contribution in [-0.4, -0.2) is 41.2 Å². The predicted molar refractivity (Wildman–Crippen MR) is 127 cm³/mol. The minimum absolute atomic E-state index is 0.411. The largest absolute Gasteiger partial charge is 0.497 e. The first-order chi connectivity index (χ1) is 15.5. The molecule has 1 atom stereocenters. The first kappa shape index (κ1) is 22.1. The van der Waals surface area contributed by atoms with Gasteiger partial charge in [-0.15, -0.1) is 0 Å². The highest BCUT2D eigenvalue weighted by Crippen LogP contribution is 2.37. The number of hydrogen-bond donors (Lipinski definition) is 3. The minimum Gasteiger partial charge on any atom is -0.497 e. The van der Waals surface area contributed by atoms with Crippen LogP contribution in [0.15, 0.2) is 48.7 Å². The van der Waals surface area contributed by atoms with E-state index in [9.17, 15) is 4.79 Å². The third-order valence-corrected chi connectivity index (χ3v) is 6.59. The highest BCUT2D eigenvalue weighted by atomic mass is 16.5. The number of allylic oxidation sites excluding steroid dienone is 1. The van der Waals surface area contributed by atoms with Gasteiger partial charge in [-0.25, -0.2) is 5.48 Å². The Kier molecular flexibility index (Phi) is 6.63. The molecule has 3 N–H and O–H groups in total. The van der Waals surface area contributed by atoms with Crippen molar-refractivity contribution >= 4 is 22.4 Å². The number of aryl methyl sites for hydroxylation is 1. The number of hydroxylamine groups is 1. The third-order valence-electron chi connectivity index (χ3n) is 6.59. The number of nitrogens with zero attached hydrogens (tertiary/aromatic N) is 1. The Morgan fingerprint density at radius 1 is 1.31 bits per heavy atom. The number of aromatic nitrogens is 1. The molecule has 3 aromatic rings. The Balaban J connectivity index is 1.50. The molecule has 4 rings (SSSR count). The van der Waals surface area contributed by atoms with Crippen molar-refractivity contribution in [3.05, 3.63) is 70.9 Å². The maximum Gasteiger partial charge on any atom is 0.267 e. The standard InChI is InChI=1S/C26H31N3O3/c1-4-29(12-11-20-16-27-24-9-7-21(32-3)15-23(20)24)25-10-6-19-14-18(5-8-22(19)25)17(2)13-26(30)28-31/h5,7-9,13-16,25,27,31H,4,6,10-12H2,1-3H3,(H,28,30)/b17-13+. The summed E-state index contributed by atoms with van der Waals surface area (Å²) < 4.78 is 5.40. The SMILES string of the molecule is CCN(CCc1c[nH]c2ccc(OC)cc12)C1CCc2cc(/C(C)=C/C(=O)NO)ccc21. The molecule has 1 aliphatic rings. The zero-order chi connectivity index (χ0) is 22.7. The van der Waals surface area contributed by atoms with Gasteiger partial charge in [0.25, 0.3) is 5.91 Å². The van der Waals surface area contributed by atoms with Crippen molar-refractivity contribution in [1.82, 2.24) is 15.4 Å².